The molecule has 0 bridgehead atoms. The summed E-state index contributed by atoms with van der Waals surface area (Å²) in [6.45, 7) is 6.03. The Morgan fingerprint density at radius 2 is 1.79 bits per heavy atom. The molecule has 3 aromatic rings. The van der Waals surface area contributed by atoms with Gasteiger partial charge in [0.05, 0.1) is 19.6 Å². The molecule has 0 N–H and O–H groups in total. The van der Waals surface area contributed by atoms with E-state index in [1.807, 2.05) is 30.3 Å². The second-order valence-electron chi connectivity index (χ2n) is 8.68. The van der Waals surface area contributed by atoms with Crippen molar-refractivity contribution in [2.45, 2.75) is 45.3 Å². The van der Waals surface area contributed by atoms with Crippen LogP contribution in [0.15, 0.2) is 51.7 Å². The Hall–Kier alpha value is -3.81. The fourth-order valence-corrected chi connectivity index (χ4v) is 4.49. The van der Waals surface area contributed by atoms with Crippen LogP contribution in [0.5, 0.6) is 11.5 Å². The average molecular weight is 466 g/mol. The molecule has 4 rings (SSSR count). The fraction of sp³-hybridized carbons (Fsp3) is 0.346. The molecule has 2 heterocycles. The van der Waals surface area contributed by atoms with Gasteiger partial charge in [-0.3, -0.25) is 14.4 Å². The van der Waals surface area contributed by atoms with Crippen LogP contribution < -0.4 is 14.9 Å². The largest absolute Gasteiger partial charge is 0.496 e. The third-order valence-corrected chi connectivity index (χ3v) is 5.78. The standard InChI is InChI=1S/C26H26O8/c1-14(27)32-25(26(3,4)34-15(2)28)17-13-31-21-12-20(30-5)23-18(29)11-19(33-24(23)22(17)21)16-9-7-6-8-10-16/h6-12,17,25H,13H2,1-5H3/t17-,25?/m1/s1. The van der Waals surface area contributed by atoms with Gasteiger partial charge >= 0.3 is 11.9 Å². The highest BCUT2D eigenvalue weighted by Crippen LogP contribution is 2.47. The van der Waals surface area contributed by atoms with Crippen molar-refractivity contribution in [2.24, 2.45) is 0 Å². The van der Waals surface area contributed by atoms with E-state index >= 15 is 0 Å². The molecule has 0 saturated carbocycles. The van der Waals surface area contributed by atoms with Gasteiger partial charge in [-0.05, 0) is 13.8 Å². The maximum absolute atomic E-state index is 13.2. The third kappa shape index (κ3) is 4.23. The van der Waals surface area contributed by atoms with E-state index in [2.05, 4.69) is 0 Å². The first-order valence-electron chi connectivity index (χ1n) is 10.9. The Morgan fingerprint density at radius 3 is 2.41 bits per heavy atom. The number of benzene rings is 2. The summed E-state index contributed by atoms with van der Waals surface area (Å²) in [5.74, 6) is -0.496. The van der Waals surface area contributed by atoms with Crippen LogP contribution in [0.3, 0.4) is 0 Å². The van der Waals surface area contributed by atoms with Crippen molar-refractivity contribution >= 4 is 22.9 Å². The molecule has 8 heteroatoms. The first-order valence-corrected chi connectivity index (χ1v) is 10.9. The Balaban J connectivity index is 1.97. The number of carbonyl (C=O) groups is 2. The molecule has 1 aliphatic rings. The van der Waals surface area contributed by atoms with E-state index in [0.717, 1.165) is 5.56 Å². The third-order valence-electron chi connectivity index (χ3n) is 5.78. The molecule has 1 aliphatic heterocycles. The normalized spacial score (nSPS) is 15.9. The second-order valence-corrected chi connectivity index (χ2v) is 8.68. The number of ether oxygens (including phenoxy) is 4. The molecular weight excluding hydrogens is 440 g/mol. The van der Waals surface area contributed by atoms with Gasteiger partial charge in [-0.2, -0.15) is 0 Å². The predicted octanol–water partition coefficient (Wildman–Crippen LogP) is 4.22. The lowest BCUT2D eigenvalue weighted by Crippen LogP contribution is -2.47. The molecule has 0 aliphatic carbocycles. The average Bonchev–Trinajstić information content (AvgIpc) is 3.20. The zero-order valence-electron chi connectivity index (χ0n) is 19.7. The summed E-state index contributed by atoms with van der Waals surface area (Å²) >= 11 is 0. The molecule has 0 saturated heterocycles. The lowest BCUT2D eigenvalue weighted by atomic mass is 9.84. The van der Waals surface area contributed by atoms with E-state index in [-0.39, 0.29) is 23.0 Å². The van der Waals surface area contributed by atoms with Crippen LogP contribution in [-0.4, -0.2) is 37.4 Å². The summed E-state index contributed by atoms with van der Waals surface area (Å²) in [5.41, 5.74) is 0.0895. The quantitative estimate of drug-likeness (QED) is 0.498. The molecule has 0 spiro atoms. The number of rotatable bonds is 6. The molecular formula is C26H26O8. The number of fused-ring (bicyclic) bond motifs is 3. The van der Waals surface area contributed by atoms with Crippen molar-refractivity contribution in [1.29, 1.82) is 0 Å². The van der Waals surface area contributed by atoms with E-state index < -0.39 is 29.6 Å². The molecule has 0 fully saturated rings. The highest BCUT2D eigenvalue weighted by atomic mass is 16.6. The molecule has 0 amide bonds. The van der Waals surface area contributed by atoms with Crippen LogP contribution in [-0.2, 0) is 19.1 Å². The SMILES string of the molecule is COc1cc2c(c3oc(-c4ccccc4)cc(=O)c13)[C@H](C(OC(C)=O)C(C)(C)OC(C)=O)CO2. The number of hydrogen-bond acceptors (Lipinski definition) is 8. The summed E-state index contributed by atoms with van der Waals surface area (Å²) in [5, 5.41) is 0.253. The van der Waals surface area contributed by atoms with Gasteiger partial charge in [0.2, 0.25) is 0 Å². The lowest BCUT2D eigenvalue weighted by Gasteiger charge is -2.36. The van der Waals surface area contributed by atoms with Crippen molar-refractivity contribution in [3.63, 3.8) is 0 Å². The van der Waals surface area contributed by atoms with Crippen LogP contribution in [0, 0.1) is 0 Å². The summed E-state index contributed by atoms with van der Waals surface area (Å²) in [6.07, 6.45) is -0.905. The fourth-order valence-electron chi connectivity index (χ4n) is 4.49. The van der Waals surface area contributed by atoms with Gasteiger partial charge in [-0.15, -0.1) is 0 Å². The van der Waals surface area contributed by atoms with Crippen LogP contribution in [0.1, 0.15) is 39.2 Å². The van der Waals surface area contributed by atoms with Crippen LogP contribution in [0.2, 0.25) is 0 Å². The highest BCUT2D eigenvalue weighted by molar-refractivity contribution is 5.90. The van der Waals surface area contributed by atoms with Crippen molar-refractivity contribution in [3.8, 4) is 22.8 Å². The Morgan fingerprint density at radius 1 is 1.09 bits per heavy atom. The van der Waals surface area contributed by atoms with Gasteiger partial charge in [-0.25, -0.2) is 0 Å². The van der Waals surface area contributed by atoms with E-state index in [1.165, 1.54) is 27.0 Å². The van der Waals surface area contributed by atoms with Gasteiger partial charge in [0.1, 0.15) is 33.8 Å². The van der Waals surface area contributed by atoms with Crippen LogP contribution in [0.25, 0.3) is 22.3 Å². The van der Waals surface area contributed by atoms with E-state index in [0.29, 0.717) is 22.8 Å². The minimum absolute atomic E-state index is 0.125. The summed E-state index contributed by atoms with van der Waals surface area (Å²) in [4.78, 5) is 37.0. The molecule has 8 nitrogen and oxygen atoms in total. The van der Waals surface area contributed by atoms with Crippen molar-refractivity contribution in [3.05, 3.63) is 58.3 Å². The van der Waals surface area contributed by atoms with Crippen LogP contribution >= 0.6 is 0 Å². The second kappa shape index (κ2) is 8.85. The minimum atomic E-state index is -1.18. The van der Waals surface area contributed by atoms with E-state index in [4.69, 9.17) is 23.4 Å². The Kier molecular flexibility index (Phi) is 6.08. The van der Waals surface area contributed by atoms with Gasteiger partial charge in [0.25, 0.3) is 0 Å². The highest BCUT2D eigenvalue weighted by Gasteiger charge is 2.47. The molecule has 34 heavy (non-hydrogen) atoms. The summed E-state index contributed by atoms with van der Waals surface area (Å²) in [7, 11) is 1.46. The number of methoxy groups -OCH3 is 1. The van der Waals surface area contributed by atoms with E-state index in [1.54, 1.807) is 19.9 Å². The predicted molar refractivity (Wildman–Crippen MR) is 124 cm³/mol. The van der Waals surface area contributed by atoms with Gasteiger partial charge in [-0.1, -0.05) is 30.3 Å². The topological polar surface area (TPSA) is 101 Å². The van der Waals surface area contributed by atoms with Crippen molar-refractivity contribution in [1.82, 2.24) is 0 Å². The Labute approximate surface area is 196 Å². The van der Waals surface area contributed by atoms with Crippen molar-refractivity contribution < 1.29 is 33.0 Å². The smallest absolute Gasteiger partial charge is 0.303 e. The zero-order valence-corrected chi connectivity index (χ0v) is 19.7. The monoisotopic (exact) mass is 466 g/mol. The molecule has 0 radical (unpaired) electrons. The maximum atomic E-state index is 13.2. The molecule has 1 unspecified atom stereocenters. The lowest BCUT2D eigenvalue weighted by molar-refractivity contribution is -0.181. The summed E-state index contributed by atoms with van der Waals surface area (Å²) < 4.78 is 28.9. The van der Waals surface area contributed by atoms with Crippen molar-refractivity contribution in [2.75, 3.05) is 13.7 Å². The van der Waals surface area contributed by atoms with E-state index in [9.17, 15) is 14.4 Å². The first-order chi connectivity index (χ1) is 16.1. The zero-order chi connectivity index (χ0) is 24.6. The van der Waals surface area contributed by atoms with Gasteiger partial charge in [0.15, 0.2) is 11.5 Å². The number of esters is 2. The Bertz CT molecular complexity index is 1310. The molecule has 178 valence electrons. The van der Waals surface area contributed by atoms with Gasteiger partial charge in [0, 0.05) is 37.1 Å². The molecule has 2 atom stereocenters. The summed E-state index contributed by atoms with van der Waals surface area (Å²) in [6, 6.07) is 12.3. The maximum Gasteiger partial charge on any atom is 0.303 e. The minimum Gasteiger partial charge on any atom is -0.496 e. The van der Waals surface area contributed by atoms with Gasteiger partial charge < -0.3 is 23.4 Å². The number of hydrogen-bond donors (Lipinski definition) is 0. The first kappa shape index (κ1) is 23.4. The number of carbonyl (C=O) groups excluding carboxylic acids is 2. The van der Waals surface area contributed by atoms with Crippen LogP contribution in [0.4, 0.5) is 0 Å². The molecule has 2 aromatic carbocycles. The molecule has 1 aromatic heterocycles.